The van der Waals surface area contributed by atoms with E-state index in [2.05, 4.69) is 15.9 Å². The van der Waals surface area contributed by atoms with Gasteiger partial charge >= 0.3 is 5.97 Å². The fourth-order valence-corrected chi connectivity index (χ4v) is 4.22. The Morgan fingerprint density at radius 1 is 1.35 bits per heavy atom. The number of carbonyl (C=O) groups is 1. The minimum atomic E-state index is -3.62. The van der Waals surface area contributed by atoms with Crippen molar-refractivity contribution >= 4 is 31.7 Å². The van der Waals surface area contributed by atoms with Crippen LogP contribution in [0.5, 0.6) is 0 Å². The number of aliphatic carboxylic acids is 1. The van der Waals surface area contributed by atoms with Crippen molar-refractivity contribution in [1.82, 2.24) is 0 Å². The fraction of sp³-hybridized carbons (Fsp3) is 0.364. The van der Waals surface area contributed by atoms with E-state index in [9.17, 15) is 13.2 Å². The highest BCUT2D eigenvalue weighted by Gasteiger charge is 2.34. The van der Waals surface area contributed by atoms with Crippen LogP contribution >= 0.6 is 15.9 Å². The lowest BCUT2D eigenvalue weighted by Crippen LogP contribution is -2.32. The molecule has 0 fully saturated rings. The Bertz CT molecular complexity index is 534. The summed E-state index contributed by atoms with van der Waals surface area (Å²) in [5.74, 6) is -1.56. The Balaban J connectivity index is 3.15. The predicted molar refractivity (Wildman–Crippen MR) is 67.6 cm³/mol. The summed E-state index contributed by atoms with van der Waals surface area (Å²) in [4.78, 5) is 11.1. The minimum absolute atomic E-state index is 0.120. The summed E-state index contributed by atoms with van der Waals surface area (Å²) in [6.07, 6.45) is 0. The molecule has 0 saturated heterocycles. The zero-order chi connectivity index (χ0) is 13.3. The van der Waals surface area contributed by atoms with Gasteiger partial charge in [0.05, 0.1) is 16.1 Å². The Hall–Kier alpha value is -0.880. The molecular weight excluding hydrogens is 308 g/mol. The molecular formula is C11H13BrO4S. The summed E-state index contributed by atoms with van der Waals surface area (Å²) in [6.45, 7) is 2.79. The van der Waals surface area contributed by atoms with Crippen LogP contribution in [0.3, 0.4) is 0 Å². The molecule has 0 bridgehead atoms. The molecule has 0 aliphatic heterocycles. The van der Waals surface area contributed by atoms with E-state index in [-0.39, 0.29) is 4.90 Å². The van der Waals surface area contributed by atoms with Crippen LogP contribution in [0.4, 0.5) is 0 Å². The molecule has 17 heavy (non-hydrogen) atoms. The van der Waals surface area contributed by atoms with Gasteiger partial charge in [-0.2, -0.15) is 0 Å². The van der Waals surface area contributed by atoms with Gasteiger partial charge in [-0.1, -0.05) is 12.1 Å². The minimum Gasteiger partial charge on any atom is -0.481 e. The first kappa shape index (κ1) is 14.2. The summed E-state index contributed by atoms with van der Waals surface area (Å²) >= 11 is 3.15. The number of halogens is 1. The summed E-state index contributed by atoms with van der Waals surface area (Å²) in [6, 6.07) is 6.37. The van der Waals surface area contributed by atoms with Gasteiger partial charge in [-0.05, 0) is 41.9 Å². The van der Waals surface area contributed by atoms with E-state index in [0.717, 1.165) is 0 Å². The molecule has 1 N–H and O–H groups in total. The van der Waals surface area contributed by atoms with E-state index in [1.165, 1.54) is 19.9 Å². The van der Waals surface area contributed by atoms with E-state index >= 15 is 0 Å². The Morgan fingerprint density at radius 2 is 1.88 bits per heavy atom. The van der Waals surface area contributed by atoms with Crippen LogP contribution < -0.4 is 0 Å². The normalized spacial score (nSPS) is 12.4. The molecule has 4 nitrogen and oxygen atoms in total. The summed E-state index contributed by atoms with van der Waals surface area (Å²) in [7, 11) is -3.62. The molecule has 1 aromatic rings. The number of rotatable bonds is 4. The predicted octanol–water partition coefficient (Wildman–Crippen LogP) is 2.33. The smallest absolute Gasteiger partial charge is 0.310 e. The maximum absolute atomic E-state index is 12.1. The number of hydrogen-bond donors (Lipinski definition) is 1. The van der Waals surface area contributed by atoms with Gasteiger partial charge in [0.25, 0.3) is 0 Å². The highest BCUT2D eigenvalue weighted by Crippen LogP contribution is 2.27. The van der Waals surface area contributed by atoms with Gasteiger partial charge in [0.1, 0.15) is 0 Å². The molecule has 0 saturated carbocycles. The Morgan fingerprint density at radius 3 is 2.35 bits per heavy atom. The van der Waals surface area contributed by atoms with Gasteiger partial charge < -0.3 is 5.11 Å². The second-order valence-corrected chi connectivity index (χ2v) is 7.19. The molecule has 1 rings (SSSR count). The molecule has 0 spiro atoms. The Labute approximate surface area is 109 Å². The van der Waals surface area contributed by atoms with Crippen molar-refractivity contribution in [2.75, 3.05) is 5.75 Å². The SMILES string of the molecule is CC(C)(CS(=O)(=O)c1ccccc1Br)C(=O)O. The highest BCUT2D eigenvalue weighted by atomic mass is 79.9. The lowest BCUT2D eigenvalue weighted by Gasteiger charge is -2.19. The van der Waals surface area contributed by atoms with Crippen LogP contribution in [0.25, 0.3) is 0 Å². The first-order valence-corrected chi connectivity index (χ1v) is 7.32. The van der Waals surface area contributed by atoms with E-state index in [1.54, 1.807) is 18.2 Å². The molecule has 0 radical (unpaired) electrons. The fourth-order valence-electron chi connectivity index (χ4n) is 1.31. The summed E-state index contributed by atoms with van der Waals surface area (Å²) in [5.41, 5.74) is -1.31. The van der Waals surface area contributed by atoms with Crippen LogP contribution in [0.1, 0.15) is 13.8 Å². The highest BCUT2D eigenvalue weighted by molar-refractivity contribution is 9.10. The van der Waals surface area contributed by atoms with Crippen molar-refractivity contribution in [3.8, 4) is 0 Å². The molecule has 0 unspecified atom stereocenters. The second kappa shape index (κ2) is 4.78. The molecule has 0 heterocycles. The summed E-state index contributed by atoms with van der Waals surface area (Å²) < 4.78 is 24.6. The first-order chi connectivity index (χ1) is 7.67. The third-order valence-corrected chi connectivity index (χ3v) is 5.38. The molecule has 0 aromatic heterocycles. The molecule has 6 heteroatoms. The average molecular weight is 321 g/mol. The maximum atomic E-state index is 12.1. The molecule has 0 aliphatic carbocycles. The molecule has 1 aromatic carbocycles. The largest absolute Gasteiger partial charge is 0.481 e. The number of sulfone groups is 1. The van der Waals surface area contributed by atoms with Gasteiger partial charge in [-0.15, -0.1) is 0 Å². The van der Waals surface area contributed by atoms with Crippen LogP contribution in [-0.4, -0.2) is 25.2 Å². The molecule has 0 aliphatic rings. The summed E-state index contributed by atoms with van der Waals surface area (Å²) in [5, 5.41) is 8.94. The van der Waals surface area contributed by atoms with Crippen molar-refractivity contribution in [2.24, 2.45) is 5.41 Å². The molecule has 0 atom stereocenters. The lowest BCUT2D eigenvalue weighted by molar-refractivity contribution is -0.145. The Kier molecular flexibility index (Phi) is 3.99. The maximum Gasteiger partial charge on any atom is 0.310 e. The number of carboxylic acid groups (broad SMARTS) is 1. The monoisotopic (exact) mass is 320 g/mol. The van der Waals surface area contributed by atoms with Crippen LogP contribution in [-0.2, 0) is 14.6 Å². The van der Waals surface area contributed by atoms with Gasteiger partial charge in [0.15, 0.2) is 9.84 Å². The van der Waals surface area contributed by atoms with Gasteiger partial charge in [-0.3, -0.25) is 4.79 Å². The van der Waals surface area contributed by atoms with E-state index in [0.29, 0.717) is 4.47 Å². The van der Waals surface area contributed by atoms with Gasteiger partial charge in [0, 0.05) is 4.47 Å². The second-order valence-electron chi connectivity index (χ2n) is 4.38. The molecule has 94 valence electrons. The number of benzene rings is 1. The first-order valence-electron chi connectivity index (χ1n) is 4.87. The van der Waals surface area contributed by atoms with Crippen LogP contribution in [0.2, 0.25) is 0 Å². The van der Waals surface area contributed by atoms with Gasteiger partial charge in [0.2, 0.25) is 0 Å². The van der Waals surface area contributed by atoms with Crippen molar-refractivity contribution in [3.05, 3.63) is 28.7 Å². The third-order valence-electron chi connectivity index (χ3n) is 2.30. The topological polar surface area (TPSA) is 71.4 Å². The van der Waals surface area contributed by atoms with Gasteiger partial charge in [-0.25, -0.2) is 8.42 Å². The third kappa shape index (κ3) is 3.29. The standard InChI is InChI=1S/C11H13BrO4S/c1-11(2,10(13)14)7-17(15,16)9-6-4-3-5-8(9)12/h3-6H,7H2,1-2H3,(H,13,14). The zero-order valence-corrected chi connectivity index (χ0v) is 11.9. The molecule has 0 amide bonds. The quantitative estimate of drug-likeness (QED) is 0.924. The number of carboxylic acids is 1. The zero-order valence-electron chi connectivity index (χ0n) is 9.47. The number of hydrogen-bond acceptors (Lipinski definition) is 3. The average Bonchev–Trinajstić information content (AvgIpc) is 2.16. The lowest BCUT2D eigenvalue weighted by atomic mass is 9.97. The van der Waals surface area contributed by atoms with Crippen molar-refractivity contribution < 1.29 is 18.3 Å². The van der Waals surface area contributed by atoms with Crippen molar-refractivity contribution in [3.63, 3.8) is 0 Å². The van der Waals surface area contributed by atoms with Crippen LogP contribution in [0, 0.1) is 5.41 Å². The van der Waals surface area contributed by atoms with Crippen LogP contribution in [0.15, 0.2) is 33.6 Å². The van der Waals surface area contributed by atoms with E-state index < -0.39 is 27.0 Å². The van der Waals surface area contributed by atoms with Crippen molar-refractivity contribution in [2.45, 2.75) is 18.7 Å². The van der Waals surface area contributed by atoms with E-state index in [4.69, 9.17) is 5.11 Å². The van der Waals surface area contributed by atoms with E-state index in [1.807, 2.05) is 0 Å². The van der Waals surface area contributed by atoms with Crippen molar-refractivity contribution in [1.29, 1.82) is 0 Å².